The molecule has 0 fully saturated rings. The van der Waals surface area contributed by atoms with Gasteiger partial charge in [-0.3, -0.25) is 0 Å². The van der Waals surface area contributed by atoms with E-state index in [9.17, 15) is 4.79 Å². The Morgan fingerprint density at radius 3 is 2.27 bits per heavy atom. The summed E-state index contributed by atoms with van der Waals surface area (Å²) in [5.41, 5.74) is 3.01. The van der Waals surface area contributed by atoms with Crippen molar-refractivity contribution in [3.8, 4) is 16.9 Å². The maximum absolute atomic E-state index is 11.3. The predicted octanol–water partition coefficient (Wildman–Crippen LogP) is 4.19. The molecular formula is C19H16O3. The molecule has 0 aliphatic carbocycles. The van der Waals surface area contributed by atoms with Gasteiger partial charge in [0.05, 0.1) is 6.07 Å². The fraction of sp³-hybridized carbons (Fsp3) is 0.105. The molecule has 0 aliphatic heterocycles. The van der Waals surface area contributed by atoms with Gasteiger partial charge in [-0.05, 0) is 23.6 Å². The number of aryl methyl sites for hydroxylation is 1. The quantitative estimate of drug-likeness (QED) is 0.723. The van der Waals surface area contributed by atoms with Gasteiger partial charge in [-0.1, -0.05) is 54.6 Å². The van der Waals surface area contributed by atoms with Gasteiger partial charge in [-0.25, -0.2) is 4.79 Å². The second-order valence-corrected chi connectivity index (χ2v) is 5.07. The highest BCUT2D eigenvalue weighted by Crippen LogP contribution is 2.20. The van der Waals surface area contributed by atoms with Gasteiger partial charge in [0.15, 0.2) is 0 Å². The van der Waals surface area contributed by atoms with Gasteiger partial charge in [-0.15, -0.1) is 0 Å². The summed E-state index contributed by atoms with van der Waals surface area (Å²) in [6.07, 6.45) is 0. The van der Waals surface area contributed by atoms with Crippen molar-refractivity contribution in [2.45, 2.75) is 13.5 Å². The van der Waals surface area contributed by atoms with Crippen molar-refractivity contribution in [2.75, 3.05) is 0 Å². The first kappa shape index (κ1) is 14.1. The lowest BCUT2D eigenvalue weighted by molar-refractivity contribution is 0.300. The molecule has 3 heteroatoms. The van der Waals surface area contributed by atoms with E-state index in [0.29, 0.717) is 18.1 Å². The van der Waals surface area contributed by atoms with Crippen LogP contribution in [0.4, 0.5) is 0 Å². The monoisotopic (exact) mass is 292 g/mol. The van der Waals surface area contributed by atoms with Crippen LogP contribution in [0.25, 0.3) is 11.1 Å². The minimum absolute atomic E-state index is 0.394. The average molecular weight is 292 g/mol. The molecule has 1 heterocycles. The van der Waals surface area contributed by atoms with Crippen molar-refractivity contribution in [3.05, 3.63) is 88.5 Å². The van der Waals surface area contributed by atoms with Crippen LogP contribution in [-0.2, 0) is 6.61 Å². The molecule has 0 unspecified atom stereocenters. The molecule has 110 valence electrons. The van der Waals surface area contributed by atoms with Crippen LogP contribution in [0.5, 0.6) is 5.75 Å². The summed E-state index contributed by atoms with van der Waals surface area (Å²) < 4.78 is 10.5. The van der Waals surface area contributed by atoms with E-state index < -0.39 is 5.63 Å². The SMILES string of the molecule is Cc1cc(OCc2ccc(-c3ccccc3)cc2)cc(=O)o1. The van der Waals surface area contributed by atoms with Gasteiger partial charge in [-0.2, -0.15) is 0 Å². The third kappa shape index (κ3) is 3.44. The third-order valence-corrected chi connectivity index (χ3v) is 3.33. The Kier molecular flexibility index (Phi) is 4.05. The first-order chi connectivity index (χ1) is 10.7. The molecule has 22 heavy (non-hydrogen) atoms. The van der Waals surface area contributed by atoms with Crippen molar-refractivity contribution >= 4 is 0 Å². The Hall–Kier alpha value is -2.81. The van der Waals surface area contributed by atoms with E-state index in [2.05, 4.69) is 24.3 Å². The normalized spacial score (nSPS) is 10.4. The third-order valence-electron chi connectivity index (χ3n) is 3.33. The van der Waals surface area contributed by atoms with E-state index in [-0.39, 0.29) is 0 Å². The van der Waals surface area contributed by atoms with Crippen LogP contribution < -0.4 is 10.4 Å². The molecule has 3 aromatic rings. The van der Waals surface area contributed by atoms with Crippen molar-refractivity contribution < 1.29 is 9.15 Å². The second-order valence-electron chi connectivity index (χ2n) is 5.07. The van der Waals surface area contributed by atoms with Gasteiger partial charge in [0.25, 0.3) is 0 Å². The van der Waals surface area contributed by atoms with Crippen LogP contribution >= 0.6 is 0 Å². The Morgan fingerprint density at radius 1 is 0.909 bits per heavy atom. The number of benzene rings is 2. The minimum Gasteiger partial charge on any atom is -0.489 e. The molecule has 0 atom stereocenters. The number of hydrogen-bond donors (Lipinski definition) is 0. The molecule has 0 aliphatic rings. The maximum atomic E-state index is 11.3. The van der Waals surface area contributed by atoms with Crippen molar-refractivity contribution in [1.29, 1.82) is 0 Å². The lowest BCUT2D eigenvalue weighted by atomic mass is 10.0. The number of ether oxygens (including phenoxy) is 1. The zero-order valence-electron chi connectivity index (χ0n) is 12.3. The van der Waals surface area contributed by atoms with Crippen molar-refractivity contribution in [1.82, 2.24) is 0 Å². The molecule has 0 amide bonds. The van der Waals surface area contributed by atoms with Crippen LogP contribution in [0, 0.1) is 6.92 Å². The Balaban J connectivity index is 1.70. The van der Waals surface area contributed by atoms with Crippen molar-refractivity contribution in [3.63, 3.8) is 0 Å². The first-order valence-electron chi connectivity index (χ1n) is 7.10. The summed E-state index contributed by atoms with van der Waals surface area (Å²) in [5, 5.41) is 0. The minimum atomic E-state index is -0.394. The van der Waals surface area contributed by atoms with Crippen LogP contribution in [0.3, 0.4) is 0 Å². The number of hydrogen-bond acceptors (Lipinski definition) is 3. The van der Waals surface area contributed by atoms with Crippen LogP contribution in [-0.4, -0.2) is 0 Å². The highest BCUT2D eigenvalue weighted by atomic mass is 16.5. The molecule has 0 radical (unpaired) electrons. The molecule has 0 N–H and O–H groups in total. The summed E-state index contributed by atoms with van der Waals surface area (Å²) >= 11 is 0. The highest BCUT2D eigenvalue weighted by Gasteiger charge is 2.01. The molecule has 2 aromatic carbocycles. The van der Waals surface area contributed by atoms with Gasteiger partial charge in [0.1, 0.15) is 18.1 Å². The Bertz CT molecular complexity index is 802. The van der Waals surface area contributed by atoms with Crippen molar-refractivity contribution in [2.24, 2.45) is 0 Å². The zero-order chi connectivity index (χ0) is 15.4. The van der Waals surface area contributed by atoms with Crippen LogP contribution in [0.15, 0.2) is 75.9 Å². The summed E-state index contributed by atoms with van der Waals surface area (Å²) in [6.45, 7) is 2.14. The molecule has 3 rings (SSSR count). The Morgan fingerprint density at radius 2 is 1.59 bits per heavy atom. The van der Waals surface area contributed by atoms with E-state index in [0.717, 1.165) is 5.56 Å². The van der Waals surface area contributed by atoms with E-state index >= 15 is 0 Å². The Labute approximate surface area is 128 Å². The maximum Gasteiger partial charge on any atom is 0.339 e. The molecule has 0 saturated heterocycles. The van der Waals surface area contributed by atoms with E-state index in [1.165, 1.54) is 17.2 Å². The summed E-state index contributed by atoms with van der Waals surface area (Å²) in [5.74, 6) is 1.07. The van der Waals surface area contributed by atoms with Gasteiger partial charge in [0, 0.05) is 6.07 Å². The van der Waals surface area contributed by atoms with E-state index in [4.69, 9.17) is 9.15 Å². The fourth-order valence-electron chi connectivity index (χ4n) is 2.25. The first-order valence-corrected chi connectivity index (χ1v) is 7.10. The molecule has 1 aromatic heterocycles. The van der Waals surface area contributed by atoms with E-state index in [1.54, 1.807) is 13.0 Å². The second kappa shape index (κ2) is 6.31. The smallest absolute Gasteiger partial charge is 0.339 e. The molecule has 0 saturated carbocycles. The predicted molar refractivity (Wildman–Crippen MR) is 85.9 cm³/mol. The molecule has 0 bridgehead atoms. The van der Waals surface area contributed by atoms with Gasteiger partial charge in [0.2, 0.25) is 0 Å². The molecule has 0 spiro atoms. The summed E-state index contributed by atoms with van der Waals surface area (Å²) in [7, 11) is 0. The average Bonchev–Trinajstić information content (AvgIpc) is 2.53. The fourth-order valence-corrected chi connectivity index (χ4v) is 2.25. The molecular weight excluding hydrogens is 276 g/mol. The highest BCUT2D eigenvalue weighted by molar-refractivity contribution is 5.63. The van der Waals surface area contributed by atoms with Crippen LogP contribution in [0.2, 0.25) is 0 Å². The zero-order valence-corrected chi connectivity index (χ0v) is 12.3. The standard InChI is InChI=1S/C19H16O3/c1-14-11-18(12-19(20)22-14)21-13-15-7-9-17(10-8-15)16-5-3-2-4-6-16/h2-12H,13H2,1H3. The number of rotatable bonds is 4. The van der Waals surface area contributed by atoms with Gasteiger partial charge < -0.3 is 9.15 Å². The largest absolute Gasteiger partial charge is 0.489 e. The lowest BCUT2D eigenvalue weighted by Crippen LogP contribution is -2.02. The summed E-state index contributed by atoms with van der Waals surface area (Å²) in [6, 6.07) is 21.5. The topological polar surface area (TPSA) is 39.4 Å². The van der Waals surface area contributed by atoms with Gasteiger partial charge >= 0.3 is 5.63 Å². The molecule has 3 nitrogen and oxygen atoms in total. The lowest BCUT2D eigenvalue weighted by Gasteiger charge is -2.07. The van der Waals surface area contributed by atoms with Crippen LogP contribution in [0.1, 0.15) is 11.3 Å². The summed E-state index contributed by atoms with van der Waals surface area (Å²) in [4.78, 5) is 11.3. The van der Waals surface area contributed by atoms with E-state index in [1.807, 2.05) is 30.3 Å².